The number of benzene rings is 1. The molecular weight excluding hydrogens is 287 g/mol. The van der Waals surface area contributed by atoms with E-state index in [0.717, 1.165) is 19.3 Å². The van der Waals surface area contributed by atoms with Crippen LogP contribution in [-0.4, -0.2) is 12.5 Å². The molecule has 21 heavy (non-hydrogen) atoms. The quantitative estimate of drug-likeness (QED) is 0.843. The summed E-state index contributed by atoms with van der Waals surface area (Å²) in [5.74, 6) is -0.594. The van der Waals surface area contributed by atoms with Gasteiger partial charge in [-0.15, -0.1) is 11.3 Å². The van der Waals surface area contributed by atoms with E-state index in [2.05, 4.69) is 11.4 Å². The van der Waals surface area contributed by atoms with Crippen LogP contribution in [0.5, 0.6) is 0 Å². The highest BCUT2D eigenvalue weighted by Gasteiger charge is 2.18. The number of nitrogen functional groups attached to an aromatic ring is 1. The number of fused-ring (bicyclic) bond motifs is 1. The predicted octanol–water partition coefficient (Wildman–Crippen LogP) is 3.85. The van der Waals surface area contributed by atoms with Crippen LogP contribution in [0.3, 0.4) is 0 Å². The molecule has 0 fully saturated rings. The van der Waals surface area contributed by atoms with Crippen LogP contribution in [0.1, 0.15) is 35.4 Å². The monoisotopic (exact) mass is 304 g/mol. The Morgan fingerprint density at radius 3 is 3.00 bits per heavy atom. The van der Waals surface area contributed by atoms with Gasteiger partial charge in [-0.25, -0.2) is 4.39 Å². The molecule has 3 nitrogen and oxygen atoms in total. The van der Waals surface area contributed by atoms with Crippen molar-refractivity contribution in [1.29, 1.82) is 0 Å². The van der Waals surface area contributed by atoms with Gasteiger partial charge in [-0.1, -0.05) is 17.7 Å². The van der Waals surface area contributed by atoms with Crippen LogP contribution < -0.4 is 11.1 Å². The number of nitrogens with one attached hydrogen (secondary N) is 1. The molecular formula is C16H17FN2OS. The van der Waals surface area contributed by atoms with Gasteiger partial charge in [0.15, 0.2) is 0 Å². The Balaban J connectivity index is 1.72. The average Bonchev–Trinajstić information content (AvgIpc) is 3.08. The number of hydrogen-bond donors (Lipinski definition) is 2. The summed E-state index contributed by atoms with van der Waals surface area (Å²) in [4.78, 5) is 12.6. The van der Waals surface area contributed by atoms with Crippen LogP contribution >= 0.6 is 11.3 Å². The summed E-state index contributed by atoms with van der Waals surface area (Å²) < 4.78 is 14.5. The fraction of sp³-hybridized carbons (Fsp3) is 0.312. The lowest BCUT2D eigenvalue weighted by Crippen LogP contribution is -2.24. The molecule has 1 aliphatic rings. The highest BCUT2D eigenvalue weighted by Crippen LogP contribution is 2.35. The molecule has 3 N–H and O–H groups in total. The molecule has 2 aromatic rings. The second-order valence-corrected chi connectivity index (χ2v) is 6.27. The number of carbonyl (C=O) groups is 1. The number of rotatable bonds is 4. The van der Waals surface area contributed by atoms with Crippen LogP contribution in [0, 0.1) is 5.82 Å². The van der Waals surface area contributed by atoms with E-state index in [1.807, 2.05) is 0 Å². The topological polar surface area (TPSA) is 55.1 Å². The zero-order valence-corrected chi connectivity index (χ0v) is 12.4. The lowest BCUT2D eigenvalue weighted by atomic mass is 10.1. The number of carbonyl (C=O) groups excluding carboxylic acids is 1. The standard InChI is InChI=1S/C16H17FN2OS/c17-11-6-3-7-12-13(11)14(18)15(21-12)16(20)19-9-8-10-4-1-2-5-10/h3-4,6-7H,1-2,5,8-9,18H2,(H,19,20). The maximum Gasteiger partial charge on any atom is 0.263 e. The third-order valence-electron chi connectivity index (χ3n) is 3.77. The second-order valence-electron chi connectivity index (χ2n) is 5.22. The van der Waals surface area contributed by atoms with E-state index in [9.17, 15) is 9.18 Å². The van der Waals surface area contributed by atoms with Crippen molar-refractivity contribution in [3.63, 3.8) is 0 Å². The van der Waals surface area contributed by atoms with Gasteiger partial charge in [-0.2, -0.15) is 0 Å². The summed E-state index contributed by atoms with van der Waals surface area (Å²) in [5.41, 5.74) is 7.58. The summed E-state index contributed by atoms with van der Waals surface area (Å²) in [6.45, 7) is 0.598. The Morgan fingerprint density at radius 2 is 2.29 bits per heavy atom. The molecule has 0 saturated carbocycles. The fourth-order valence-electron chi connectivity index (χ4n) is 2.68. The van der Waals surface area contributed by atoms with E-state index in [0.29, 0.717) is 21.5 Å². The van der Waals surface area contributed by atoms with Crippen molar-refractivity contribution < 1.29 is 9.18 Å². The molecule has 1 heterocycles. The van der Waals surface area contributed by atoms with E-state index in [4.69, 9.17) is 5.73 Å². The molecule has 0 atom stereocenters. The number of halogens is 1. The second kappa shape index (κ2) is 5.85. The molecule has 1 aromatic carbocycles. The number of allylic oxidation sites excluding steroid dienone is 1. The summed E-state index contributed by atoms with van der Waals surface area (Å²) in [6, 6.07) is 4.76. The number of nitrogens with two attached hydrogens (primary N) is 1. The van der Waals surface area contributed by atoms with Gasteiger partial charge in [0.25, 0.3) is 5.91 Å². The lowest BCUT2D eigenvalue weighted by Gasteiger charge is -2.05. The molecule has 3 rings (SSSR count). The minimum Gasteiger partial charge on any atom is -0.397 e. The number of anilines is 1. The predicted molar refractivity (Wildman–Crippen MR) is 85.1 cm³/mol. The average molecular weight is 304 g/mol. The third kappa shape index (κ3) is 2.78. The first-order valence-corrected chi connectivity index (χ1v) is 7.91. The maximum atomic E-state index is 13.8. The van der Waals surface area contributed by atoms with Gasteiger partial charge >= 0.3 is 0 Å². The number of hydrogen-bond acceptors (Lipinski definition) is 3. The van der Waals surface area contributed by atoms with Gasteiger partial charge in [0, 0.05) is 11.2 Å². The van der Waals surface area contributed by atoms with Gasteiger partial charge in [-0.05, 0) is 37.8 Å². The molecule has 110 valence electrons. The van der Waals surface area contributed by atoms with E-state index in [-0.39, 0.29) is 17.4 Å². The summed E-state index contributed by atoms with van der Waals surface area (Å²) in [6.07, 6.45) is 6.62. The first-order valence-electron chi connectivity index (χ1n) is 7.09. The normalized spacial score (nSPS) is 14.4. The minimum atomic E-state index is -0.378. The molecule has 1 aliphatic carbocycles. The van der Waals surface area contributed by atoms with Gasteiger partial charge < -0.3 is 11.1 Å². The lowest BCUT2D eigenvalue weighted by molar-refractivity contribution is 0.0959. The molecule has 0 spiro atoms. The SMILES string of the molecule is Nc1c(C(=O)NCCC2=CCCC2)sc2cccc(F)c12. The van der Waals surface area contributed by atoms with Crippen molar-refractivity contribution in [1.82, 2.24) is 5.32 Å². The number of amides is 1. The molecule has 0 radical (unpaired) electrons. The van der Waals surface area contributed by atoms with Gasteiger partial charge in [-0.3, -0.25) is 4.79 Å². The molecule has 5 heteroatoms. The zero-order chi connectivity index (χ0) is 14.8. The molecule has 1 amide bonds. The van der Waals surface area contributed by atoms with E-state index < -0.39 is 0 Å². The minimum absolute atomic E-state index is 0.216. The molecule has 0 saturated heterocycles. The van der Waals surface area contributed by atoms with Crippen LogP contribution in [-0.2, 0) is 0 Å². The summed E-state index contributed by atoms with van der Waals surface area (Å²) in [7, 11) is 0. The van der Waals surface area contributed by atoms with Crippen LogP contribution in [0.25, 0.3) is 10.1 Å². The van der Waals surface area contributed by atoms with Crippen LogP contribution in [0.2, 0.25) is 0 Å². The van der Waals surface area contributed by atoms with Crippen molar-refractivity contribution in [3.8, 4) is 0 Å². The molecule has 0 aliphatic heterocycles. The Hall–Kier alpha value is -1.88. The molecule has 0 bridgehead atoms. The highest BCUT2D eigenvalue weighted by atomic mass is 32.1. The number of thiophene rings is 1. The third-order valence-corrected chi connectivity index (χ3v) is 4.94. The van der Waals surface area contributed by atoms with E-state index in [1.54, 1.807) is 12.1 Å². The van der Waals surface area contributed by atoms with Crippen LogP contribution in [0.4, 0.5) is 10.1 Å². The first kappa shape index (κ1) is 14.1. The Bertz CT molecular complexity index is 720. The summed E-state index contributed by atoms with van der Waals surface area (Å²) >= 11 is 1.24. The van der Waals surface area contributed by atoms with Gasteiger partial charge in [0.2, 0.25) is 0 Å². The highest BCUT2D eigenvalue weighted by molar-refractivity contribution is 7.21. The Labute approximate surface area is 126 Å². The molecule has 1 aromatic heterocycles. The first-order chi connectivity index (χ1) is 10.2. The Kier molecular flexibility index (Phi) is 3.92. The van der Waals surface area contributed by atoms with Crippen molar-refractivity contribution in [2.75, 3.05) is 12.3 Å². The zero-order valence-electron chi connectivity index (χ0n) is 11.6. The van der Waals surface area contributed by atoms with Crippen molar-refractivity contribution in [3.05, 3.63) is 40.5 Å². The largest absolute Gasteiger partial charge is 0.397 e. The van der Waals surface area contributed by atoms with E-state index >= 15 is 0 Å². The van der Waals surface area contributed by atoms with Crippen molar-refractivity contribution >= 4 is 33.0 Å². The fourth-order valence-corrected chi connectivity index (χ4v) is 3.73. The van der Waals surface area contributed by atoms with Crippen LogP contribution in [0.15, 0.2) is 29.8 Å². The van der Waals surface area contributed by atoms with E-state index in [1.165, 1.54) is 29.4 Å². The molecule has 0 unspecified atom stereocenters. The smallest absolute Gasteiger partial charge is 0.263 e. The van der Waals surface area contributed by atoms with Crippen molar-refractivity contribution in [2.45, 2.75) is 25.7 Å². The summed E-state index contributed by atoms with van der Waals surface area (Å²) in [5, 5.41) is 3.23. The van der Waals surface area contributed by atoms with Gasteiger partial charge in [0.1, 0.15) is 10.7 Å². The Morgan fingerprint density at radius 1 is 1.43 bits per heavy atom. The van der Waals surface area contributed by atoms with Gasteiger partial charge in [0.05, 0.1) is 11.1 Å². The maximum absolute atomic E-state index is 13.8. The van der Waals surface area contributed by atoms with Crippen molar-refractivity contribution in [2.24, 2.45) is 0 Å².